The van der Waals surface area contributed by atoms with E-state index in [1.807, 2.05) is 32.0 Å². The van der Waals surface area contributed by atoms with Crippen molar-refractivity contribution < 1.29 is 4.79 Å². The first kappa shape index (κ1) is 12.9. The van der Waals surface area contributed by atoms with Crippen LogP contribution in [0.4, 0.5) is 5.82 Å². The number of rotatable bonds is 2. The molecule has 2 aromatic rings. The molecular formula is C15H18N4O. The highest BCUT2D eigenvalue weighted by Crippen LogP contribution is 2.20. The van der Waals surface area contributed by atoms with E-state index in [1.165, 1.54) is 5.56 Å². The predicted octanol–water partition coefficient (Wildman–Crippen LogP) is 1.92. The van der Waals surface area contributed by atoms with Gasteiger partial charge in [-0.25, -0.2) is 0 Å². The van der Waals surface area contributed by atoms with Crippen LogP contribution >= 0.6 is 0 Å². The Labute approximate surface area is 117 Å². The smallest absolute Gasteiger partial charge is 0.256 e. The lowest BCUT2D eigenvalue weighted by molar-refractivity contribution is 0.102. The number of aryl methyl sites for hydroxylation is 2. The van der Waals surface area contributed by atoms with E-state index >= 15 is 0 Å². The molecule has 5 heteroatoms. The van der Waals surface area contributed by atoms with Crippen LogP contribution in [0.1, 0.15) is 32.7 Å². The van der Waals surface area contributed by atoms with Gasteiger partial charge in [-0.15, -0.1) is 0 Å². The number of carbonyl (C=O) groups excluding carboxylic acids is 1. The third kappa shape index (κ3) is 2.32. The van der Waals surface area contributed by atoms with Gasteiger partial charge in [-0.3, -0.25) is 9.89 Å². The van der Waals surface area contributed by atoms with Crippen LogP contribution in [0.25, 0.3) is 0 Å². The molecule has 0 bridgehead atoms. The third-order valence-corrected chi connectivity index (χ3v) is 3.81. The first-order chi connectivity index (χ1) is 9.65. The number of fused-ring (bicyclic) bond motifs is 1. The second-order valence-corrected chi connectivity index (χ2v) is 5.21. The summed E-state index contributed by atoms with van der Waals surface area (Å²) < 4.78 is 0. The largest absolute Gasteiger partial charge is 0.312 e. The monoisotopic (exact) mass is 270 g/mol. The van der Waals surface area contributed by atoms with Crippen LogP contribution in [0.3, 0.4) is 0 Å². The molecule has 2 heterocycles. The molecule has 1 aliphatic rings. The molecule has 1 amide bonds. The Morgan fingerprint density at radius 3 is 2.95 bits per heavy atom. The standard InChI is InChI=1S/C15H18N4O/c1-9-3-4-11(7-10(9)2)15(20)17-14-12-8-16-6-5-13(12)18-19-14/h3-4,7,16H,5-6,8H2,1-2H3,(H2,17,18,19,20). The Hall–Kier alpha value is -2.14. The lowest BCUT2D eigenvalue weighted by atomic mass is 10.1. The average Bonchev–Trinajstić information content (AvgIpc) is 2.85. The Balaban J connectivity index is 1.82. The van der Waals surface area contributed by atoms with Gasteiger partial charge in [-0.1, -0.05) is 6.07 Å². The molecule has 0 fully saturated rings. The van der Waals surface area contributed by atoms with Gasteiger partial charge in [-0.05, 0) is 37.1 Å². The van der Waals surface area contributed by atoms with Crippen LogP contribution in [0.5, 0.6) is 0 Å². The van der Waals surface area contributed by atoms with Crippen LogP contribution in [-0.2, 0) is 13.0 Å². The van der Waals surface area contributed by atoms with Crippen molar-refractivity contribution in [3.05, 3.63) is 46.1 Å². The molecular weight excluding hydrogens is 252 g/mol. The summed E-state index contributed by atoms with van der Waals surface area (Å²) in [5.41, 5.74) is 5.13. The molecule has 0 radical (unpaired) electrons. The highest BCUT2D eigenvalue weighted by molar-refractivity contribution is 6.04. The summed E-state index contributed by atoms with van der Waals surface area (Å²) in [6.07, 6.45) is 0.918. The van der Waals surface area contributed by atoms with Gasteiger partial charge in [0.05, 0.1) is 0 Å². The number of hydrogen-bond donors (Lipinski definition) is 3. The minimum absolute atomic E-state index is 0.118. The topological polar surface area (TPSA) is 69.8 Å². The van der Waals surface area contributed by atoms with Gasteiger partial charge in [0.1, 0.15) is 0 Å². The van der Waals surface area contributed by atoms with E-state index in [0.717, 1.165) is 36.3 Å². The van der Waals surface area contributed by atoms with Gasteiger partial charge in [0.25, 0.3) is 5.91 Å². The zero-order valence-corrected chi connectivity index (χ0v) is 11.7. The zero-order valence-electron chi connectivity index (χ0n) is 11.7. The van der Waals surface area contributed by atoms with Crippen LogP contribution in [0, 0.1) is 13.8 Å². The second kappa shape index (κ2) is 5.09. The van der Waals surface area contributed by atoms with E-state index in [2.05, 4.69) is 20.8 Å². The van der Waals surface area contributed by atoms with E-state index in [9.17, 15) is 4.79 Å². The molecule has 0 saturated heterocycles. The SMILES string of the molecule is Cc1ccc(C(=O)Nc2n[nH]c3c2CNCC3)cc1C. The minimum atomic E-state index is -0.118. The van der Waals surface area contributed by atoms with E-state index in [-0.39, 0.29) is 5.91 Å². The second-order valence-electron chi connectivity index (χ2n) is 5.21. The van der Waals surface area contributed by atoms with Crippen molar-refractivity contribution >= 4 is 11.7 Å². The summed E-state index contributed by atoms with van der Waals surface area (Å²) >= 11 is 0. The summed E-state index contributed by atoms with van der Waals surface area (Å²) in [5, 5.41) is 13.4. The molecule has 1 aromatic heterocycles. The van der Waals surface area contributed by atoms with Crippen LogP contribution in [-0.4, -0.2) is 22.6 Å². The van der Waals surface area contributed by atoms with Gasteiger partial charge in [0.15, 0.2) is 5.82 Å². The summed E-state index contributed by atoms with van der Waals surface area (Å²) in [6, 6.07) is 5.71. The lowest BCUT2D eigenvalue weighted by Crippen LogP contribution is -2.24. The third-order valence-electron chi connectivity index (χ3n) is 3.81. The summed E-state index contributed by atoms with van der Waals surface area (Å²) in [6.45, 7) is 5.73. The van der Waals surface area contributed by atoms with Crippen LogP contribution < -0.4 is 10.6 Å². The molecule has 0 saturated carbocycles. The number of hydrogen-bond acceptors (Lipinski definition) is 3. The Kier molecular flexibility index (Phi) is 3.28. The number of carbonyl (C=O) groups is 1. The van der Waals surface area contributed by atoms with Crippen molar-refractivity contribution in [3.63, 3.8) is 0 Å². The maximum atomic E-state index is 12.3. The van der Waals surface area contributed by atoms with E-state index in [4.69, 9.17) is 0 Å². The summed E-state index contributed by atoms with van der Waals surface area (Å²) in [4.78, 5) is 12.3. The molecule has 3 N–H and O–H groups in total. The Morgan fingerprint density at radius 1 is 1.30 bits per heavy atom. The normalized spacial score (nSPS) is 13.9. The molecule has 0 spiro atoms. The fourth-order valence-corrected chi connectivity index (χ4v) is 2.39. The molecule has 5 nitrogen and oxygen atoms in total. The van der Waals surface area contributed by atoms with Crippen molar-refractivity contribution in [1.29, 1.82) is 0 Å². The lowest BCUT2D eigenvalue weighted by Gasteiger charge is -2.13. The van der Waals surface area contributed by atoms with Crippen molar-refractivity contribution in [2.75, 3.05) is 11.9 Å². The number of aromatic amines is 1. The Morgan fingerprint density at radius 2 is 2.15 bits per heavy atom. The van der Waals surface area contributed by atoms with Gasteiger partial charge < -0.3 is 10.6 Å². The average molecular weight is 270 g/mol. The van der Waals surface area contributed by atoms with Crippen LogP contribution in [0.15, 0.2) is 18.2 Å². The molecule has 1 aliphatic heterocycles. The molecule has 0 atom stereocenters. The number of nitrogens with one attached hydrogen (secondary N) is 3. The van der Waals surface area contributed by atoms with Gasteiger partial charge >= 0.3 is 0 Å². The van der Waals surface area contributed by atoms with Crippen LogP contribution in [0.2, 0.25) is 0 Å². The highest BCUT2D eigenvalue weighted by Gasteiger charge is 2.18. The van der Waals surface area contributed by atoms with Crippen molar-refractivity contribution in [1.82, 2.24) is 15.5 Å². The number of nitrogens with zero attached hydrogens (tertiary/aromatic N) is 1. The molecule has 0 unspecified atom stereocenters. The molecule has 3 rings (SSSR count). The van der Waals surface area contributed by atoms with E-state index in [0.29, 0.717) is 11.4 Å². The summed E-state index contributed by atoms with van der Waals surface area (Å²) in [5.74, 6) is 0.517. The predicted molar refractivity (Wildman–Crippen MR) is 77.9 cm³/mol. The first-order valence-electron chi connectivity index (χ1n) is 6.80. The van der Waals surface area contributed by atoms with Gasteiger partial charge in [0.2, 0.25) is 0 Å². The van der Waals surface area contributed by atoms with E-state index < -0.39 is 0 Å². The molecule has 1 aromatic carbocycles. The number of amides is 1. The summed E-state index contributed by atoms with van der Waals surface area (Å²) in [7, 11) is 0. The number of anilines is 1. The highest BCUT2D eigenvalue weighted by atomic mass is 16.1. The fourth-order valence-electron chi connectivity index (χ4n) is 2.39. The first-order valence-corrected chi connectivity index (χ1v) is 6.80. The maximum absolute atomic E-state index is 12.3. The molecule has 0 aliphatic carbocycles. The fraction of sp³-hybridized carbons (Fsp3) is 0.333. The van der Waals surface area contributed by atoms with Crippen molar-refractivity contribution in [2.24, 2.45) is 0 Å². The number of aromatic nitrogens is 2. The van der Waals surface area contributed by atoms with Gasteiger partial charge in [-0.2, -0.15) is 5.10 Å². The zero-order chi connectivity index (χ0) is 14.1. The quantitative estimate of drug-likeness (QED) is 0.781. The van der Waals surface area contributed by atoms with Crippen molar-refractivity contribution in [2.45, 2.75) is 26.8 Å². The maximum Gasteiger partial charge on any atom is 0.256 e. The van der Waals surface area contributed by atoms with E-state index in [1.54, 1.807) is 0 Å². The van der Waals surface area contributed by atoms with Crippen molar-refractivity contribution in [3.8, 4) is 0 Å². The number of benzene rings is 1. The van der Waals surface area contributed by atoms with Gasteiger partial charge in [0, 0.05) is 36.3 Å². The Bertz CT molecular complexity index is 660. The number of H-pyrrole nitrogens is 1. The molecule has 20 heavy (non-hydrogen) atoms. The molecule has 104 valence electrons. The minimum Gasteiger partial charge on any atom is -0.312 e.